The molecule has 4 aliphatic rings. The number of aryl methyl sites for hydroxylation is 1. The van der Waals surface area contributed by atoms with Crippen LogP contribution in [0.15, 0.2) is 35.3 Å². The van der Waals surface area contributed by atoms with E-state index in [-0.39, 0.29) is 16.1 Å². The highest BCUT2D eigenvalue weighted by molar-refractivity contribution is 6.33. The molecule has 5 heteroatoms. The minimum atomic E-state index is -0.146. The molecule has 0 unspecified atom stereocenters. The molecular weight excluding hydrogens is 346 g/mol. The Morgan fingerprint density at radius 3 is 2.31 bits per heavy atom. The van der Waals surface area contributed by atoms with Gasteiger partial charge in [-0.2, -0.15) is 5.10 Å². The molecule has 4 bridgehead atoms. The number of benzene rings is 1. The number of hydrogen-bond acceptors (Lipinski definition) is 3. The van der Waals surface area contributed by atoms with Crippen molar-refractivity contribution in [2.45, 2.75) is 51.0 Å². The number of hydrogen-bond donors (Lipinski definition) is 1. The fourth-order valence-corrected chi connectivity index (χ4v) is 6.22. The van der Waals surface area contributed by atoms with Crippen LogP contribution < -0.4 is 10.9 Å². The van der Waals surface area contributed by atoms with Crippen molar-refractivity contribution in [3.8, 4) is 0 Å². The maximum atomic E-state index is 13.1. The highest BCUT2D eigenvalue weighted by Crippen LogP contribution is 2.58. The Bertz CT molecular complexity index is 884. The van der Waals surface area contributed by atoms with Gasteiger partial charge in [-0.05, 0) is 74.8 Å². The van der Waals surface area contributed by atoms with Gasteiger partial charge in [0, 0.05) is 5.69 Å². The summed E-state index contributed by atoms with van der Waals surface area (Å²) in [6, 6.07) is 7.97. The standard InChI is InChI=1S/C21H24ClN3O/c1-13-4-2-3-5-17(13)24-18-12-23-25(20(26)19(18)22)21-9-14-6-15(10-21)8-16(7-14)11-21/h2-5,12,14-16,24H,6-11H2,1H3. The first-order chi connectivity index (χ1) is 12.5. The van der Waals surface area contributed by atoms with Crippen LogP contribution in [0.4, 0.5) is 11.4 Å². The minimum absolute atomic E-state index is 0.101. The third-order valence-corrected chi connectivity index (χ3v) is 7.15. The zero-order valence-electron chi connectivity index (χ0n) is 15.0. The van der Waals surface area contributed by atoms with Crippen molar-refractivity contribution < 1.29 is 0 Å². The second-order valence-corrected chi connectivity index (χ2v) is 9.05. The molecule has 6 rings (SSSR count). The fourth-order valence-electron chi connectivity index (χ4n) is 6.04. The number of para-hydroxylation sites is 1. The summed E-state index contributed by atoms with van der Waals surface area (Å²) in [5.41, 5.74) is 2.40. The van der Waals surface area contributed by atoms with Crippen LogP contribution in [0.3, 0.4) is 0 Å². The lowest BCUT2D eigenvalue weighted by Crippen LogP contribution is -2.55. The van der Waals surface area contributed by atoms with E-state index in [1.807, 2.05) is 31.2 Å². The fraction of sp³-hybridized carbons (Fsp3) is 0.524. The smallest absolute Gasteiger partial charge is 0.288 e. The molecule has 1 N–H and O–H groups in total. The second kappa shape index (κ2) is 5.85. The lowest BCUT2D eigenvalue weighted by molar-refractivity contribution is -0.0518. The van der Waals surface area contributed by atoms with Crippen LogP contribution in [-0.4, -0.2) is 9.78 Å². The van der Waals surface area contributed by atoms with Gasteiger partial charge in [-0.25, -0.2) is 4.68 Å². The number of anilines is 2. The van der Waals surface area contributed by atoms with Gasteiger partial charge < -0.3 is 5.32 Å². The first-order valence-electron chi connectivity index (χ1n) is 9.65. The van der Waals surface area contributed by atoms with Crippen molar-refractivity contribution in [2.75, 3.05) is 5.32 Å². The van der Waals surface area contributed by atoms with E-state index in [2.05, 4.69) is 10.4 Å². The first-order valence-corrected chi connectivity index (χ1v) is 10.0. The molecule has 1 aromatic carbocycles. The molecule has 0 saturated heterocycles. The third-order valence-electron chi connectivity index (χ3n) is 6.79. The van der Waals surface area contributed by atoms with E-state index in [1.165, 1.54) is 19.3 Å². The normalized spacial score (nSPS) is 32.0. The summed E-state index contributed by atoms with van der Waals surface area (Å²) < 4.78 is 1.74. The van der Waals surface area contributed by atoms with Crippen LogP contribution in [0.5, 0.6) is 0 Å². The molecule has 0 amide bonds. The molecule has 0 radical (unpaired) electrons. The van der Waals surface area contributed by atoms with Gasteiger partial charge in [0.15, 0.2) is 0 Å². The Morgan fingerprint density at radius 2 is 1.69 bits per heavy atom. The number of aromatic nitrogens is 2. The number of halogens is 1. The summed E-state index contributed by atoms with van der Waals surface area (Å²) in [4.78, 5) is 13.1. The topological polar surface area (TPSA) is 46.9 Å². The summed E-state index contributed by atoms with van der Waals surface area (Å²) in [5, 5.41) is 8.14. The monoisotopic (exact) mass is 369 g/mol. The highest BCUT2D eigenvalue weighted by atomic mass is 35.5. The molecule has 0 atom stereocenters. The van der Waals surface area contributed by atoms with Gasteiger partial charge in [0.05, 0.1) is 17.4 Å². The summed E-state index contributed by atoms with van der Waals surface area (Å²) >= 11 is 6.50. The van der Waals surface area contributed by atoms with E-state index in [9.17, 15) is 4.79 Å². The largest absolute Gasteiger partial charge is 0.353 e. The van der Waals surface area contributed by atoms with E-state index < -0.39 is 0 Å². The van der Waals surface area contributed by atoms with Gasteiger partial charge in [-0.3, -0.25) is 4.79 Å². The van der Waals surface area contributed by atoms with E-state index in [0.717, 1.165) is 48.3 Å². The van der Waals surface area contributed by atoms with Crippen molar-refractivity contribution in [3.05, 3.63) is 51.4 Å². The lowest BCUT2D eigenvalue weighted by atomic mass is 9.53. The van der Waals surface area contributed by atoms with Gasteiger partial charge in [-0.1, -0.05) is 29.8 Å². The summed E-state index contributed by atoms with van der Waals surface area (Å²) in [5.74, 6) is 2.29. The average molecular weight is 370 g/mol. The summed E-state index contributed by atoms with van der Waals surface area (Å²) in [6.45, 7) is 2.03. The number of nitrogens with zero attached hydrogens (tertiary/aromatic N) is 2. The Balaban J connectivity index is 1.51. The van der Waals surface area contributed by atoms with E-state index in [4.69, 9.17) is 11.6 Å². The van der Waals surface area contributed by atoms with Gasteiger partial charge in [0.2, 0.25) is 0 Å². The molecular formula is C21H24ClN3O. The summed E-state index contributed by atoms with van der Waals surface area (Å²) in [7, 11) is 0. The van der Waals surface area contributed by atoms with Crippen LogP contribution in [0, 0.1) is 24.7 Å². The lowest BCUT2D eigenvalue weighted by Gasteiger charge is -2.56. The number of rotatable bonds is 3. The highest BCUT2D eigenvalue weighted by Gasteiger charge is 2.53. The van der Waals surface area contributed by atoms with Crippen molar-refractivity contribution in [3.63, 3.8) is 0 Å². The van der Waals surface area contributed by atoms with Crippen molar-refractivity contribution in [1.82, 2.24) is 9.78 Å². The predicted octanol–water partition coefficient (Wildman–Crippen LogP) is 4.87. The van der Waals surface area contributed by atoms with E-state index in [1.54, 1.807) is 10.9 Å². The van der Waals surface area contributed by atoms with Gasteiger partial charge in [0.25, 0.3) is 5.56 Å². The minimum Gasteiger partial charge on any atom is -0.353 e. The Kier molecular flexibility index (Phi) is 3.68. The molecule has 4 fully saturated rings. The van der Waals surface area contributed by atoms with Crippen LogP contribution in [0.2, 0.25) is 5.02 Å². The molecule has 4 saturated carbocycles. The quantitative estimate of drug-likeness (QED) is 0.839. The second-order valence-electron chi connectivity index (χ2n) is 8.67. The molecule has 0 spiro atoms. The maximum absolute atomic E-state index is 13.1. The van der Waals surface area contributed by atoms with Gasteiger partial charge in [0.1, 0.15) is 5.02 Å². The Hall–Kier alpha value is -1.81. The first kappa shape index (κ1) is 16.4. The van der Waals surface area contributed by atoms with Crippen molar-refractivity contribution >= 4 is 23.0 Å². The molecule has 2 aromatic rings. The molecule has 0 aliphatic heterocycles. The Morgan fingerprint density at radius 1 is 1.08 bits per heavy atom. The van der Waals surface area contributed by atoms with E-state index >= 15 is 0 Å². The molecule has 26 heavy (non-hydrogen) atoms. The molecule has 4 aliphatic carbocycles. The van der Waals surface area contributed by atoms with Crippen molar-refractivity contribution in [1.29, 1.82) is 0 Å². The van der Waals surface area contributed by atoms with Gasteiger partial charge >= 0.3 is 0 Å². The van der Waals surface area contributed by atoms with Crippen LogP contribution in [0.25, 0.3) is 0 Å². The summed E-state index contributed by atoms with van der Waals surface area (Å²) in [6.07, 6.45) is 9.03. The predicted molar refractivity (Wildman–Crippen MR) is 104 cm³/mol. The van der Waals surface area contributed by atoms with Crippen LogP contribution >= 0.6 is 11.6 Å². The zero-order chi connectivity index (χ0) is 17.9. The maximum Gasteiger partial charge on any atom is 0.288 e. The van der Waals surface area contributed by atoms with Gasteiger partial charge in [-0.15, -0.1) is 0 Å². The molecule has 1 heterocycles. The SMILES string of the molecule is Cc1ccccc1Nc1cnn(C23CC4CC(CC(C4)C2)C3)c(=O)c1Cl. The third kappa shape index (κ3) is 2.50. The number of nitrogens with one attached hydrogen (secondary N) is 1. The van der Waals surface area contributed by atoms with Crippen LogP contribution in [-0.2, 0) is 5.54 Å². The van der Waals surface area contributed by atoms with Crippen LogP contribution in [0.1, 0.15) is 44.1 Å². The Labute approximate surface area is 158 Å². The van der Waals surface area contributed by atoms with E-state index in [0.29, 0.717) is 5.69 Å². The average Bonchev–Trinajstić information content (AvgIpc) is 2.59. The zero-order valence-corrected chi connectivity index (χ0v) is 15.8. The molecule has 136 valence electrons. The van der Waals surface area contributed by atoms with Crippen molar-refractivity contribution in [2.24, 2.45) is 17.8 Å². The molecule has 4 nitrogen and oxygen atoms in total. The molecule has 1 aromatic heterocycles.